The van der Waals surface area contributed by atoms with Gasteiger partial charge in [-0.25, -0.2) is 4.79 Å². The molecule has 25 heavy (non-hydrogen) atoms. The Hall–Kier alpha value is -1.08. The lowest BCUT2D eigenvalue weighted by atomic mass is 10.2. The minimum atomic E-state index is -1.78. The molecule has 140 valence electrons. The van der Waals surface area contributed by atoms with Gasteiger partial charge in [-0.15, -0.1) is 0 Å². The van der Waals surface area contributed by atoms with Gasteiger partial charge in [0, 0.05) is 12.3 Å². The van der Waals surface area contributed by atoms with E-state index in [2.05, 4.69) is 10.6 Å². The van der Waals surface area contributed by atoms with Crippen LogP contribution in [0.2, 0.25) is 0 Å². The van der Waals surface area contributed by atoms with Crippen molar-refractivity contribution < 1.29 is 19.0 Å². The topological polar surface area (TPSA) is 68.8 Å². The molecule has 1 amide bonds. The normalized spacial score (nSPS) is 18.5. The summed E-state index contributed by atoms with van der Waals surface area (Å²) in [4.78, 5) is 12.0. The van der Waals surface area contributed by atoms with E-state index in [0.717, 1.165) is 18.6 Å². The number of hydrogen-bond acceptors (Lipinski definition) is 5. The van der Waals surface area contributed by atoms with E-state index in [1.165, 1.54) is 0 Å². The molecular weight excluding hydrogens is 391 g/mol. The first-order chi connectivity index (χ1) is 11.9. The zero-order valence-corrected chi connectivity index (χ0v) is 16.0. The van der Waals surface area contributed by atoms with Crippen LogP contribution < -0.4 is 15.4 Å². The highest BCUT2D eigenvalue weighted by Crippen LogP contribution is 2.31. The van der Waals surface area contributed by atoms with Crippen LogP contribution in [0.25, 0.3) is 0 Å². The summed E-state index contributed by atoms with van der Waals surface area (Å²) in [6.45, 7) is 3.33. The van der Waals surface area contributed by atoms with Gasteiger partial charge in [-0.2, -0.15) is 0 Å². The smallest absolute Gasteiger partial charge is 0.408 e. The van der Waals surface area contributed by atoms with Crippen molar-refractivity contribution in [2.75, 3.05) is 25.1 Å². The van der Waals surface area contributed by atoms with Gasteiger partial charge in [0.15, 0.2) is 0 Å². The van der Waals surface area contributed by atoms with Crippen LogP contribution in [0.15, 0.2) is 24.3 Å². The number of benzene rings is 1. The van der Waals surface area contributed by atoms with Crippen molar-refractivity contribution in [2.24, 2.45) is 0 Å². The molecule has 2 atom stereocenters. The molecule has 0 saturated carbocycles. The summed E-state index contributed by atoms with van der Waals surface area (Å²) in [7, 11) is 0. The molecule has 1 aliphatic heterocycles. The zero-order valence-electron chi connectivity index (χ0n) is 13.8. The first-order valence-electron chi connectivity index (χ1n) is 7.99. The number of carbonyl (C=O) groups excluding carboxylic acids is 1. The highest BCUT2D eigenvalue weighted by molar-refractivity contribution is 6.68. The van der Waals surface area contributed by atoms with Crippen LogP contribution >= 0.6 is 34.8 Å². The van der Waals surface area contributed by atoms with E-state index < -0.39 is 16.1 Å². The maximum absolute atomic E-state index is 12.0. The second-order valence-corrected chi connectivity index (χ2v) is 7.82. The molecule has 2 rings (SSSR count). The lowest BCUT2D eigenvalue weighted by molar-refractivity contribution is 0.0432. The average Bonchev–Trinajstić information content (AvgIpc) is 3.07. The second kappa shape index (κ2) is 9.57. The highest BCUT2D eigenvalue weighted by Gasteiger charge is 2.34. The van der Waals surface area contributed by atoms with Gasteiger partial charge in [-0.05, 0) is 44.0 Å². The largest absolute Gasteiger partial charge is 0.494 e. The number of alkyl carbamates (subject to hydrolysis) is 1. The van der Waals surface area contributed by atoms with Crippen LogP contribution in [-0.2, 0) is 9.47 Å². The molecule has 0 aromatic heterocycles. The van der Waals surface area contributed by atoms with Crippen LogP contribution in [0.4, 0.5) is 10.5 Å². The maximum Gasteiger partial charge on any atom is 0.408 e. The Labute approximate surface area is 162 Å². The SMILES string of the molecule is CCOc1ccc(N[C@@H](NC(=O)OC[C@@H]2CCCO2)C(Cl)(Cl)Cl)cc1. The fraction of sp³-hybridized carbons (Fsp3) is 0.562. The van der Waals surface area contributed by atoms with Crippen LogP contribution in [0.3, 0.4) is 0 Å². The molecule has 0 unspecified atom stereocenters. The number of amides is 1. The third-order valence-corrected chi connectivity index (χ3v) is 4.14. The van der Waals surface area contributed by atoms with Gasteiger partial charge in [-0.3, -0.25) is 5.32 Å². The first-order valence-corrected chi connectivity index (χ1v) is 9.13. The van der Waals surface area contributed by atoms with Crippen molar-refractivity contribution >= 4 is 46.6 Å². The van der Waals surface area contributed by atoms with Crippen molar-refractivity contribution in [2.45, 2.75) is 35.8 Å². The average molecular weight is 412 g/mol. The fourth-order valence-corrected chi connectivity index (χ4v) is 2.61. The summed E-state index contributed by atoms with van der Waals surface area (Å²) in [5.74, 6) is 0.724. The number of alkyl halides is 3. The molecule has 1 saturated heterocycles. The number of nitrogens with one attached hydrogen (secondary N) is 2. The van der Waals surface area contributed by atoms with E-state index in [1.54, 1.807) is 24.3 Å². The molecular formula is C16H21Cl3N2O4. The van der Waals surface area contributed by atoms with Gasteiger partial charge in [-0.1, -0.05) is 34.8 Å². The van der Waals surface area contributed by atoms with Gasteiger partial charge < -0.3 is 19.5 Å². The molecule has 0 bridgehead atoms. The van der Waals surface area contributed by atoms with Crippen molar-refractivity contribution in [1.82, 2.24) is 5.32 Å². The second-order valence-electron chi connectivity index (χ2n) is 5.45. The summed E-state index contributed by atoms with van der Waals surface area (Å²) < 4.78 is 14.1. The Morgan fingerprint density at radius 2 is 2.08 bits per heavy atom. The number of anilines is 1. The van der Waals surface area contributed by atoms with Crippen molar-refractivity contribution in [3.05, 3.63) is 24.3 Å². The predicted octanol–water partition coefficient (Wildman–Crippen LogP) is 4.10. The Kier molecular flexibility index (Phi) is 7.75. The van der Waals surface area contributed by atoms with E-state index in [9.17, 15) is 4.79 Å². The van der Waals surface area contributed by atoms with Crippen LogP contribution in [0, 0.1) is 0 Å². The first kappa shape index (κ1) is 20.2. The minimum absolute atomic E-state index is 0.0731. The quantitative estimate of drug-likeness (QED) is 0.522. The Bertz CT molecular complexity index is 545. The number of hydrogen-bond donors (Lipinski definition) is 2. The van der Waals surface area contributed by atoms with Crippen LogP contribution in [0.1, 0.15) is 19.8 Å². The number of carbonyl (C=O) groups is 1. The van der Waals surface area contributed by atoms with Gasteiger partial charge >= 0.3 is 6.09 Å². The third kappa shape index (κ3) is 6.98. The Balaban J connectivity index is 1.90. The van der Waals surface area contributed by atoms with Crippen molar-refractivity contribution in [1.29, 1.82) is 0 Å². The predicted molar refractivity (Wildman–Crippen MR) is 98.8 cm³/mol. The molecule has 0 aliphatic carbocycles. The number of ether oxygens (including phenoxy) is 3. The van der Waals surface area contributed by atoms with E-state index in [4.69, 9.17) is 49.0 Å². The highest BCUT2D eigenvalue weighted by atomic mass is 35.6. The van der Waals surface area contributed by atoms with Crippen molar-refractivity contribution in [3.63, 3.8) is 0 Å². The van der Waals surface area contributed by atoms with Gasteiger partial charge in [0.05, 0.1) is 12.7 Å². The molecule has 0 spiro atoms. The number of halogens is 3. The molecule has 1 aromatic rings. The van der Waals surface area contributed by atoms with E-state index in [-0.39, 0.29) is 12.7 Å². The van der Waals surface area contributed by atoms with E-state index in [0.29, 0.717) is 18.9 Å². The van der Waals surface area contributed by atoms with Gasteiger partial charge in [0.25, 0.3) is 0 Å². The van der Waals surface area contributed by atoms with Crippen LogP contribution in [-0.4, -0.2) is 42.0 Å². The van der Waals surface area contributed by atoms with E-state index >= 15 is 0 Å². The standard InChI is InChI=1S/C16H21Cl3N2O4/c1-2-23-12-7-5-11(6-8-12)20-14(16(17,18)19)21-15(22)25-10-13-4-3-9-24-13/h5-8,13-14,20H,2-4,9-10H2,1H3,(H,21,22)/t13-,14-/m0/s1. The summed E-state index contributed by atoms with van der Waals surface area (Å²) in [6.07, 6.45) is 0.0888. The number of rotatable bonds is 7. The zero-order chi connectivity index (χ0) is 18.3. The molecule has 9 heteroatoms. The molecule has 0 radical (unpaired) electrons. The van der Waals surface area contributed by atoms with Gasteiger partial charge in [0.1, 0.15) is 18.5 Å². The molecule has 6 nitrogen and oxygen atoms in total. The Morgan fingerprint density at radius 3 is 2.64 bits per heavy atom. The lowest BCUT2D eigenvalue weighted by Crippen LogP contribution is -2.49. The molecule has 1 heterocycles. The molecule has 2 N–H and O–H groups in total. The Morgan fingerprint density at radius 1 is 1.36 bits per heavy atom. The molecule has 1 aromatic carbocycles. The molecule has 1 fully saturated rings. The lowest BCUT2D eigenvalue weighted by Gasteiger charge is -2.27. The maximum atomic E-state index is 12.0. The van der Waals surface area contributed by atoms with Gasteiger partial charge in [0.2, 0.25) is 3.79 Å². The van der Waals surface area contributed by atoms with E-state index in [1.807, 2.05) is 6.92 Å². The summed E-state index contributed by atoms with van der Waals surface area (Å²) in [5.41, 5.74) is 0.652. The summed E-state index contributed by atoms with van der Waals surface area (Å²) in [6, 6.07) is 7.07. The minimum Gasteiger partial charge on any atom is -0.494 e. The third-order valence-electron chi connectivity index (χ3n) is 3.49. The van der Waals surface area contributed by atoms with Crippen LogP contribution in [0.5, 0.6) is 5.75 Å². The monoisotopic (exact) mass is 410 g/mol. The summed E-state index contributed by atoms with van der Waals surface area (Å²) >= 11 is 17.9. The summed E-state index contributed by atoms with van der Waals surface area (Å²) in [5, 5.41) is 5.47. The van der Waals surface area contributed by atoms with Crippen molar-refractivity contribution in [3.8, 4) is 5.75 Å². The fourth-order valence-electron chi connectivity index (χ4n) is 2.28. The molecule has 1 aliphatic rings.